The Morgan fingerprint density at radius 2 is 1.88 bits per heavy atom. The molecule has 3 heteroatoms. The van der Waals surface area contributed by atoms with Crippen molar-refractivity contribution in [3.63, 3.8) is 0 Å². The number of nitrogens with one attached hydrogen (secondary N) is 1. The fourth-order valence-corrected chi connectivity index (χ4v) is 1.99. The molecule has 0 fully saturated rings. The van der Waals surface area contributed by atoms with Gasteiger partial charge in [0.2, 0.25) is 0 Å². The molecule has 0 amide bonds. The summed E-state index contributed by atoms with van der Waals surface area (Å²) < 4.78 is 0. The first-order valence-electron chi connectivity index (χ1n) is 5.53. The van der Waals surface area contributed by atoms with Gasteiger partial charge in [-0.3, -0.25) is 5.10 Å². The van der Waals surface area contributed by atoms with E-state index in [1.165, 1.54) is 5.56 Å². The molecule has 0 atom stereocenters. The summed E-state index contributed by atoms with van der Waals surface area (Å²) in [5.41, 5.74) is 3.12. The molecule has 0 unspecified atom stereocenters. The van der Waals surface area contributed by atoms with Crippen molar-refractivity contribution in [2.45, 2.75) is 6.42 Å². The number of aromatic hydroxyl groups is 1. The maximum absolute atomic E-state index is 9.38. The topological polar surface area (TPSA) is 48.9 Å². The van der Waals surface area contributed by atoms with Crippen LogP contribution in [0.2, 0.25) is 0 Å². The van der Waals surface area contributed by atoms with Gasteiger partial charge in [-0.1, -0.05) is 30.3 Å². The lowest BCUT2D eigenvalue weighted by molar-refractivity contribution is 0.476. The molecule has 1 heterocycles. The van der Waals surface area contributed by atoms with Crippen LogP contribution in [0.25, 0.3) is 10.9 Å². The predicted molar refractivity (Wildman–Crippen MR) is 67.0 cm³/mol. The van der Waals surface area contributed by atoms with E-state index in [9.17, 15) is 5.11 Å². The molecule has 1 aromatic heterocycles. The molecule has 0 saturated carbocycles. The number of nitrogens with zero attached hydrogens (tertiary/aromatic N) is 1. The first-order chi connectivity index (χ1) is 8.33. The monoisotopic (exact) mass is 224 g/mol. The number of rotatable bonds is 2. The van der Waals surface area contributed by atoms with Crippen LogP contribution in [0.5, 0.6) is 5.75 Å². The van der Waals surface area contributed by atoms with Gasteiger partial charge in [0.15, 0.2) is 0 Å². The average Bonchev–Trinajstić information content (AvgIpc) is 2.73. The standard InChI is InChI=1S/C14H12N2O/c17-11-6-7-12-13(15-16-14(12)9-11)8-10-4-2-1-3-5-10/h1-7,9,17H,8H2,(H,15,16). The first-order valence-corrected chi connectivity index (χ1v) is 5.53. The lowest BCUT2D eigenvalue weighted by Gasteiger charge is -1.99. The fraction of sp³-hybridized carbons (Fsp3) is 0.0714. The molecule has 0 aliphatic heterocycles. The van der Waals surface area contributed by atoms with Crippen LogP contribution < -0.4 is 0 Å². The Morgan fingerprint density at radius 3 is 2.71 bits per heavy atom. The van der Waals surface area contributed by atoms with Crippen LogP contribution in [0, 0.1) is 0 Å². The van der Waals surface area contributed by atoms with Gasteiger partial charge in [0.1, 0.15) is 5.75 Å². The summed E-state index contributed by atoms with van der Waals surface area (Å²) >= 11 is 0. The minimum absolute atomic E-state index is 0.246. The summed E-state index contributed by atoms with van der Waals surface area (Å²) in [5.74, 6) is 0.246. The van der Waals surface area contributed by atoms with E-state index in [1.807, 2.05) is 24.3 Å². The van der Waals surface area contributed by atoms with Gasteiger partial charge in [0.25, 0.3) is 0 Å². The largest absolute Gasteiger partial charge is 0.508 e. The van der Waals surface area contributed by atoms with E-state index in [1.54, 1.807) is 12.1 Å². The number of phenols is 1. The summed E-state index contributed by atoms with van der Waals surface area (Å²) in [6, 6.07) is 15.5. The number of H-pyrrole nitrogens is 1. The molecule has 3 nitrogen and oxygen atoms in total. The second-order valence-corrected chi connectivity index (χ2v) is 4.07. The van der Waals surface area contributed by atoms with E-state index in [4.69, 9.17) is 0 Å². The number of phenolic OH excluding ortho intramolecular Hbond substituents is 1. The van der Waals surface area contributed by atoms with Gasteiger partial charge in [-0.05, 0) is 17.7 Å². The minimum atomic E-state index is 0.246. The van der Waals surface area contributed by atoms with Gasteiger partial charge >= 0.3 is 0 Å². The van der Waals surface area contributed by atoms with E-state index in [2.05, 4.69) is 22.3 Å². The Bertz CT molecular complexity index is 644. The lowest BCUT2D eigenvalue weighted by atomic mass is 10.1. The summed E-state index contributed by atoms with van der Waals surface area (Å²) in [5, 5.41) is 17.7. The van der Waals surface area contributed by atoms with E-state index in [-0.39, 0.29) is 5.75 Å². The number of fused-ring (bicyclic) bond motifs is 1. The molecular weight excluding hydrogens is 212 g/mol. The van der Waals surface area contributed by atoms with Gasteiger partial charge in [-0.2, -0.15) is 5.10 Å². The third-order valence-electron chi connectivity index (χ3n) is 2.84. The van der Waals surface area contributed by atoms with Crippen molar-refractivity contribution in [3.05, 3.63) is 59.8 Å². The highest BCUT2D eigenvalue weighted by molar-refractivity contribution is 5.82. The maximum atomic E-state index is 9.38. The number of aromatic amines is 1. The Balaban J connectivity index is 2.01. The highest BCUT2D eigenvalue weighted by Crippen LogP contribution is 2.22. The van der Waals surface area contributed by atoms with E-state index in [0.717, 1.165) is 23.0 Å². The molecule has 3 aromatic rings. The van der Waals surface area contributed by atoms with Gasteiger partial charge in [0.05, 0.1) is 5.52 Å². The maximum Gasteiger partial charge on any atom is 0.117 e. The highest BCUT2D eigenvalue weighted by atomic mass is 16.3. The van der Waals surface area contributed by atoms with Crippen LogP contribution in [0.3, 0.4) is 0 Å². The zero-order valence-corrected chi connectivity index (χ0v) is 9.22. The van der Waals surface area contributed by atoms with Crippen LogP contribution in [-0.4, -0.2) is 15.3 Å². The molecular formula is C14H12N2O. The van der Waals surface area contributed by atoms with Crippen molar-refractivity contribution in [3.8, 4) is 5.75 Å². The van der Waals surface area contributed by atoms with Gasteiger partial charge < -0.3 is 5.11 Å². The van der Waals surface area contributed by atoms with Crippen LogP contribution in [0.15, 0.2) is 48.5 Å². The molecule has 2 aromatic carbocycles. The van der Waals surface area contributed by atoms with Crippen LogP contribution in [0.1, 0.15) is 11.3 Å². The molecule has 0 radical (unpaired) electrons. The van der Waals surface area contributed by atoms with E-state index in [0.29, 0.717) is 0 Å². The number of hydrogen-bond acceptors (Lipinski definition) is 2. The molecule has 0 aliphatic carbocycles. The summed E-state index contributed by atoms with van der Waals surface area (Å²) in [6.07, 6.45) is 0.822. The van der Waals surface area contributed by atoms with Gasteiger partial charge in [-0.25, -0.2) is 0 Å². The van der Waals surface area contributed by atoms with Gasteiger partial charge in [-0.15, -0.1) is 0 Å². The smallest absolute Gasteiger partial charge is 0.117 e. The second kappa shape index (κ2) is 3.94. The molecule has 3 rings (SSSR count). The second-order valence-electron chi connectivity index (χ2n) is 4.07. The molecule has 17 heavy (non-hydrogen) atoms. The van der Waals surface area contributed by atoms with Crippen LogP contribution >= 0.6 is 0 Å². The third-order valence-corrected chi connectivity index (χ3v) is 2.84. The number of benzene rings is 2. The summed E-state index contributed by atoms with van der Waals surface area (Å²) in [4.78, 5) is 0. The van der Waals surface area contributed by atoms with Crippen molar-refractivity contribution < 1.29 is 5.11 Å². The molecule has 84 valence electrons. The lowest BCUT2D eigenvalue weighted by Crippen LogP contribution is -1.88. The average molecular weight is 224 g/mol. The minimum Gasteiger partial charge on any atom is -0.508 e. The van der Waals surface area contributed by atoms with Gasteiger partial charge in [0, 0.05) is 23.6 Å². The van der Waals surface area contributed by atoms with Crippen molar-refractivity contribution in [1.29, 1.82) is 0 Å². The fourth-order valence-electron chi connectivity index (χ4n) is 1.99. The van der Waals surface area contributed by atoms with Crippen LogP contribution in [-0.2, 0) is 6.42 Å². The molecule has 0 saturated heterocycles. The Labute approximate surface area is 98.7 Å². The predicted octanol–water partition coefficient (Wildman–Crippen LogP) is 2.86. The number of aromatic nitrogens is 2. The zero-order chi connectivity index (χ0) is 11.7. The van der Waals surface area contributed by atoms with Crippen molar-refractivity contribution in [1.82, 2.24) is 10.2 Å². The summed E-state index contributed by atoms with van der Waals surface area (Å²) in [7, 11) is 0. The normalized spacial score (nSPS) is 10.8. The van der Waals surface area contributed by atoms with E-state index < -0.39 is 0 Å². The third kappa shape index (κ3) is 1.87. The quantitative estimate of drug-likeness (QED) is 0.703. The SMILES string of the molecule is Oc1ccc2c(Cc3ccccc3)[nH]nc2c1. The Morgan fingerprint density at radius 1 is 1.06 bits per heavy atom. The van der Waals surface area contributed by atoms with Crippen molar-refractivity contribution in [2.24, 2.45) is 0 Å². The van der Waals surface area contributed by atoms with Crippen LogP contribution in [0.4, 0.5) is 0 Å². The Kier molecular flexibility index (Phi) is 2.29. The molecule has 2 N–H and O–H groups in total. The zero-order valence-electron chi connectivity index (χ0n) is 9.22. The molecule has 0 bridgehead atoms. The molecule has 0 aliphatic rings. The Hall–Kier alpha value is -2.29. The molecule has 0 spiro atoms. The highest BCUT2D eigenvalue weighted by Gasteiger charge is 2.06. The first kappa shape index (κ1) is 9.90. The van der Waals surface area contributed by atoms with E-state index >= 15 is 0 Å². The summed E-state index contributed by atoms with van der Waals surface area (Å²) in [6.45, 7) is 0. The van der Waals surface area contributed by atoms with Crippen molar-refractivity contribution >= 4 is 10.9 Å². The number of hydrogen-bond donors (Lipinski definition) is 2. The van der Waals surface area contributed by atoms with Crippen molar-refractivity contribution in [2.75, 3.05) is 0 Å².